The zero-order valence-electron chi connectivity index (χ0n) is 13.5. The Morgan fingerprint density at radius 2 is 1.80 bits per heavy atom. The van der Waals surface area contributed by atoms with Gasteiger partial charge in [0.15, 0.2) is 0 Å². The summed E-state index contributed by atoms with van der Waals surface area (Å²) in [4.78, 5) is 11.8. The summed E-state index contributed by atoms with van der Waals surface area (Å²) in [5.74, 6) is 0.708. The third-order valence-corrected chi connectivity index (χ3v) is 3.31. The molecule has 0 N–H and O–H groups in total. The van der Waals surface area contributed by atoms with Crippen LogP contribution in [0.5, 0.6) is 5.75 Å². The van der Waals surface area contributed by atoms with E-state index in [-0.39, 0.29) is 11.4 Å². The van der Waals surface area contributed by atoms with Gasteiger partial charge in [-0.1, -0.05) is 19.9 Å². The van der Waals surface area contributed by atoms with Crippen LogP contribution >= 0.6 is 0 Å². The minimum atomic E-state index is -0.311. The fourth-order valence-electron chi connectivity index (χ4n) is 2.73. The monoisotopic (exact) mass is 278 g/mol. The fraction of sp³-hybridized carbons (Fsp3) is 0.588. The van der Waals surface area contributed by atoms with Crippen molar-refractivity contribution in [1.82, 2.24) is 0 Å². The molecule has 0 bridgehead atoms. The molecule has 0 amide bonds. The average Bonchev–Trinajstić information content (AvgIpc) is 2.26. The summed E-state index contributed by atoms with van der Waals surface area (Å²) in [5, 5.41) is 0. The quantitative estimate of drug-likeness (QED) is 0.740. The maximum Gasteiger partial charge on any atom is 0.306 e. The van der Waals surface area contributed by atoms with Crippen LogP contribution in [-0.2, 0) is 14.9 Å². The molecule has 0 aliphatic carbocycles. The minimum Gasteiger partial charge on any atom is -0.494 e. The number of ether oxygens (including phenoxy) is 2. The number of benzene rings is 1. The molecule has 1 aromatic rings. The molecule has 1 aromatic carbocycles. The van der Waals surface area contributed by atoms with E-state index in [4.69, 9.17) is 9.47 Å². The molecule has 0 heterocycles. The van der Waals surface area contributed by atoms with E-state index in [9.17, 15) is 4.79 Å². The summed E-state index contributed by atoms with van der Waals surface area (Å²) >= 11 is 0. The fourth-order valence-corrected chi connectivity index (χ4v) is 2.73. The van der Waals surface area contributed by atoms with Gasteiger partial charge in [0.2, 0.25) is 0 Å². The summed E-state index contributed by atoms with van der Waals surface area (Å²) in [6.07, 6.45) is 0.352. The van der Waals surface area contributed by atoms with Crippen molar-refractivity contribution in [2.45, 2.75) is 53.4 Å². The van der Waals surface area contributed by atoms with Crippen LogP contribution in [0.15, 0.2) is 12.1 Å². The highest BCUT2D eigenvalue weighted by atomic mass is 16.5. The normalized spacial score (nSPS) is 11.3. The number of hydrogen-bond donors (Lipinski definition) is 0. The van der Waals surface area contributed by atoms with Crippen molar-refractivity contribution in [2.24, 2.45) is 0 Å². The van der Waals surface area contributed by atoms with Gasteiger partial charge in [-0.3, -0.25) is 4.79 Å². The first kappa shape index (κ1) is 16.5. The lowest BCUT2D eigenvalue weighted by molar-refractivity contribution is -0.144. The molecule has 0 aromatic heterocycles. The van der Waals surface area contributed by atoms with Gasteiger partial charge < -0.3 is 9.47 Å². The van der Waals surface area contributed by atoms with Gasteiger partial charge in [-0.05, 0) is 44.9 Å². The second kappa shape index (κ2) is 6.78. The SMILES string of the molecule is CCOC(=O)CC(C)(C)c1c(C)cc(C)cc1OCC. The topological polar surface area (TPSA) is 35.5 Å². The third kappa shape index (κ3) is 3.99. The van der Waals surface area contributed by atoms with Crippen LogP contribution in [0.2, 0.25) is 0 Å². The lowest BCUT2D eigenvalue weighted by atomic mass is 9.78. The Morgan fingerprint density at radius 1 is 1.15 bits per heavy atom. The first-order valence-electron chi connectivity index (χ1n) is 7.22. The molecule has 3 heteroatoms. The molecular weight excluding hydrogens is 252 g/mol. The lowest BCUT2D eigenvalue weighted by Crippen LogP contribution is -2.25. The zero-order chi connectivity index (χ0) is 15.3. The molecule has 0 unspecified atom stereocenters. The molecule has 3 nitrogen and oxygen atoms in total. The van der Waals surface area contributed by atoms with Crippen molar-refractivity contribution in [1.29, 1.82) is 0 Å². The van der Waals surface area contributed by atoms with Gasteiger partial charge in [-0.25, -0.2) is 0 Å². The van der Waals surface area contributed by atoms with Gasteiger partial charge in [0.1, 0.15) is 5.75 Å². The van der Waals surface area contributed by atoms with Crippen LogP contribution in [0, 0.1) is 13.8 Å². The Kier molecular flexibility index (Phi) is 5.61. The summed E-state index contributed by atoms with van der Waals surface area (Å²) in [6, 6.07) is 4.17. The van der Waals surface area contributed by atoms with Crippen molar-refractivity contribution in [3.8, 4) is 5.75 Å². The second-order valence-electron chi connectivity index (χ2n) is 5.75. The van der Waals surface area contributed by atoms with E-state index in [1.54, 1.807) is 0 Å². The smallest absolute Gasteiger partial charge is 0.306 e. The Bertz CT molecular complexity index is 475. The first-order valence-corrected chi connectivity index (χ1v) is 7.22. The summed E-state index contributed by atoms with van der Waals surface area (Å²) in [5.41, 5.74) is 3.11. The Hall–Kier alpha value is -1.51. The predicted molar refractivity (Wildman–Crippen MR) is 81.4 cm³/mol. The Balaban J connectivity index is 3.18. The number of hydrogen-bond acceptors (Lipinski definition) is 3. The predicted octanol–water partition coefficient (Wildman–Crippen LogP) is 3.93. The molecule has 20 heavy (non-hydrogen) atoms. The molecule has 1 rings (SSSR count). The molecule has 112 valence electrons. The first-order chi connectivity index (χ1) is 9.31. The molecule has 0 radical (unpaired) electrons. The van der Waals surface area contributed by atoms with Crippen molar-refractivity contribution < 1.29 is 14.3 Å². The molecule has 0 fully saturated rings. The van der Waals surface area contributed by atoms with Gasteiger partial charge in [0.05, 0.1) is 19.6 Å². The van der Waals surface area contributed by atoms with Gasteiger partial charge >= 0.3 is 5.97 Å². The largest absolute Gasteiger partial charge is 0.494 e. The van der Waals surface area contributed by atoms with E-state index in [2.05, 4.69) is 33.8 Å². The van der Waals surface area contributed by atoms with Crippen molar-refractivity contribution >= 4 is 5.97 Å². The van der Waals surface area contributed by atoms with Crippen LogP contribution < -0.4 is 4.74 Å². The molecule has 0 spiro atoms. The number of aryl methyl sites for hydroxylation is 2. The van der Waals surface area contributed by atoms with Crippen LogP contribution in [-0.4, -0.2) is 19.2 Å². The van der Waals surface area contributed by atoms with Crippen LogP contribution in [0.25, 0.3) is 0 Å². The number of rotatable bonds is 6. The van der Waals surface area contributed by atoms with Gasteiger partial charge in [-0.15, -0.1) is 0 Å². The van der Waals surface area contributed by atoms with Gasteiger partial charge in [0, 0.05) is 11.0 Å². The standard InChI is InChI=1S/C17H26O3/c1-7-19-14-10-12(3)9-13(4)16(14)17(5,6)11-15(18)20-8-2/h9-10H,7-8,11H2,1-6H3. The van der Waals surface area contributed by atoms with Crippen molar-refractivity contribution in [3.05, 3.63) is 28.8 Å². The average molecular weight is 278 g/mol. The van der Waals surface area contributed by atoms with Crippen LogP contribution in [0.1, 0.15) is 50.8 Å². The summed E-state index contributed by atoms with van der Waals surface area (Å²) in [7, 11) is 0. The summed E-state index contributed by atoms with van der Waals surface area (Å²) in [6.45, 7) is 13.1. The van der Waals surface area contributed by atoms with E-state index in [0.717, 1.165) is 16.9 Å². The molecule has 0 aliphatic heterocycles. The maximum atomic E-state index is 11.8. The highest BCUT2D eigenvalue weighted by molar-refractivity contribution is 5.72. The van der Waals surface area contributed by atoms with E-state index in [1.807, 2.05) is 19.9 Å². The number of esters is 1. The molecule has 0 saturated carbocycles. The van der Waals surface area contributed by atoms with Gasteiger partial charge in [-0.2, -0.15) is 0 Å². The maximum absolute atomic E-state index is 11.8. The van der Waals surface area contributed by atoms with Crippen LogP contribution in [0.4, 0.5) is 0 Å². The Labute approximate surface area is 122 Å². The zero-order valence-corrected chi connectivity index (χ0v) is 13.5. The van der Waals surface area contributed by atoms with E-state index >= 15 is 0 Å². The minimum absolute atomic E-state index is 0.167. The third-order valence-electron chi connectivity index (χ3n) is 3.31. The number of carbonyl (C=O) groups is 1. The molecule has 0 saturated heterocycles. The number of carbonyl (C=O) groups excluding carboxylic acids is 1. The molecular formula is C17H26O3. The van der Waals surface area contributed by atoms with E-state index in [1.165, 1.54) is 5.56 Å². The van der Waals surface area contributed by atoms with Crippen molar-refractivity contribution in [2.75, 3.05) is 13.2 Å². The Morgan fingerprint density at radius 3 is 2.35 bits per heavy atom. The highest BCUT2D eigenvalue weighted by Gasteiger charge is 2.30. The molecule has 0 atom stereocenters. The molecule has 0 aliphatic rings. The highest BCUT2D eigenvalue weighted by Crippen LogP contribution is 2.38. The van der Waals surface area contributed by atoms with E-state index in [0.29, 0.717) is 19.6 Å². The second-order valence-corrected chi connectivity index (χ2v) is 5.75. The van der Waals surface area contributed by atoms with Crippen molar-refractivity contribution in [3.63, 3.8) is 0 Å². The van der Waals surface area contributed by atoms with E-state index < -0.39 is 0 Å². The lowest BCUT2D eigenvalue weighted by Gasteiger charge is -2.28. The summed E-state index contributed by atoms with van der Waals surface area (Å²) < 4.78 is 10.9. The van der Waals surface area contributed by atoms with Crippen LogP contribution in [0.3, 0.4) is 0 Å². The van der Waals surface area contributed by atoms with Gasteiger partial charge in [0.25, 0.3) is 0 Å².